The Kier molecular flexibility index (Phi) is 3.94. The molecule has 0 saturated heterocycles. The second kappa shape index (κ2) is 5.33. The average Bonchev–Trinajstić information content (AvgIpc) is 2.65. The molecule has 0 aliphatic rings. The van der Waals surface area contributed by atoms with Gasteiger partial charge in [0.2, 0.25) is 0 Å². The van der Waals surface area contributed by atoms with Crippen LogP contribution in [-0.4, -0.2) is 10.5 Å². The van der Waals surface area contributed by atoms with E-state index in [4.69, 9.17) is 40.5 Å². The third kappa shape index (κ3) is 2.97. The summed E-state index contributed by atoms with van der Waals surface area (Å²) in [4.78, 5) is 12.1. The minimum absolute atomic E-state index is 0.310. The number of hydrogen-bond acceptors (Lipinski definition) is 2. The molecule has 0 spiro atoms. The highest BCUT2D eigenvalue weighted by atomic mass is 35.5. The number of aromatic nitrogens is 1. The fraction of sp³-hybridized carbons (Fsp3) is 0.0833. The summed E-state index contributed by atoms with van der Waals surface area (Å²) in [5.41, 5.74) is 6.93. The summed E-state index contributed by atoms with van der Waals surface area (Å²) in [6, 6.07) is 4.54. The van der Waals surface area contributed by atoms with Gasteiger partial charge in [-0.05, 0) is 18.2 Å². The highest BCUT2D eigenvalue weighted by Crippen LogP contribution is 2.32. The van der Waals surface area contributed by atoms with E-state index in [1.807, 2.05) is 0 Å². The maximum atomic E-state index is 12.1. The van der Waals surface area contributed by atoms with Crippen LogP contribution in [0, 0.1) is 0 Å². The molecule has 0 radical (unpaired) electrons. The lowest BCUT2D eigenvalue weighted by Crippen LogP contribution is -2.15. The number of hydrogen-bond donors (Lipinski definition) is 2. The van der Waals surface area contributed by atoms with E-state index in [0.717, 1.165) is 0 Å². The van der Waals surface area contributed by atoms with Gasteiger partial charge in [0.25, 0.3) is 5.91 Å². The Labute approximate surface area is 125 Å². The number of amides is 1. The zero-order chi connectivity index (χ0) is 14.2. The number of nitrogens with two attached hydrogens (primary N) is 1. The van der Waals surface area contributed by atoms with Crippen molar-refractivity contribution in [2.75, 3.05) is 11.1 Å². The fourth-order valence-corrected chi connectivity index (χ4v) is 2.21. The van der Waals surface area contributed by atoms with Gasteiger partial charge in [-0.1, -0.05) is 34.8 Å². The average molecular weight is 319 g/mol. The molecule has 0 saturated carbocycles. The van der Waals surface area contributed by atoms with Crippen LogP contribution < -0.4 is 11.1 Å². The van der Waals surface area contributed by atoms with Gasteiger partial charge in [-0.25, -0.2) is 0 Å². The molecule has 3 N–H and O–H groups in total. The molecule has 0 aliphatic heterocycles. The number of nitrogens with one attached hydrogen (secondary N) is 1. The van der Waals surface area contributed by atoms with Crippen molar-refractivity contribution in [1.82, 2.24) is 4.57 Å². The van der Waals surface area contributed by atoms with E-state index < -0.39 is 0 Å². The number of benzene rings is 1. The highest BCUT2D eigenvalue weighted by molar-refractivity contribution is 6.44. The maximum absolute atomic E-state index is 12.1. The molecule has 100 valence electrons. The van der Waals surface area contributed by atoms with Crippen LogP contribution in [0.4, 0.5) is 11.4 Å². The van der Waals surface area contributed by atoms with Gasteiger partial charge in [-0.15, -0.1) is 0 Å². The summed E-state index contributed by atoms with van der Waals surface area (Å²) in [5, 5.41) is 3.61. The number of halogens is 3. The van der Waals surface area contributed by atoms with Crippen LogP contribution in [0.2, 0.25) is 15.1 Å². The Bertz CT molecular complexity index is 652. The second-order valence-electron chi connectivity index (χ2n) is 3.97. The number of carbonyl (C=O) groups is 1. The predicted octanol–water partition coefficient (Wildman–Crippen LogP) is 3.82. The first kappa shape index (κ1) is 14.1. The number of anilines is 2. The maximum Gasteiger partial charge on any atom is 0.272 e. The number of nitrogen functional groups attached to an aromatic ring is 1. The molecule has 0 aliphatic carbocycles. The van der Waals surface area contributed by atoms with Gasteiger partial charge in [-0.3, -0.25) is 4.79 Å². The molecule has 0 atom stereocenters. The van der Waals surface area contributed by atoms with E-state index in [-0.39, 0.29) is 5.91 Å². The van der Waals surface area contributed by atoms with E-state index in [9.17, 15) is 4.79 Å². The Hall–Kier alpha value is -1.36. The third-order valence-corrected chi connectivity index (χ3v) is 3.55. The van der Waals surface area contributed by atoms with Gasteiger partial charge in [-0.2, -0.15) is 0 Å². The van der Waals surface area contributed by atoms with Crippen LogP contribution in [0.1, 0.15) is 10.5 Å². The molecule has 2 rings (SSSR count). The van der Waals surface area contributed by atoms with Crippen molar-refractivity contribution in [1.29, 1.82) is 0 Å². The normalized spacial score (nSPS) is 10.5. The Balaban J connectivity index is 2.29. The van der Waals surface area contributed by atoms with Crippen LogP contribution in [0.5, 0.6) is 0 Å². The summed E-state index contributed by atoms with van der Waals surface area (Å²) >= 11 is 17.7. The molecule has 0 unspecified atom stereocenters. The van der Waals surface area contributed by atoms with E-state index >= 15 is 0 Å². The number of carbonyl (C=O) groups excluding carboxylic acids is 1. The predicted molar refractivity (Wildman–Crippen MR) is 79.3 cm³/mol. The largest absolute Gasteiger partial charge is 0.397 e. The topological polar surface area (TPSA) is 60.0 Å². The Morgan fingerprint density at radius 3 is 2.37 bits per heavy atom. The van der Waals surface area contributed by atoms with Crippen LogP contribution in [0.15, 0.2) is 24.4 Å². The molecular formula is C12H10Cl3N3O. The molecule has 0 bridgehead atoms. The first-order valence-corrected chi connectivity index (χ1v) is 6.39. The zero-order valence-corrected chi connectivity index (χ0v) is 12.1. The molecule has 19 heavy (non-hydrogen) atoms. The molecule has 1 amide bonds. The summed E-state index contributed by atoms with van der Waals surface area (Å²) in [7, 11) is 1.72. The SMILES string of the molecule is Cn1cc(N)cc1C(=O)Nc1cc(Cl)c(Cl)cc1Cl. The Morgan fingerprint density at radius 1 is 1.16 bits per heavy atom. The van der Waals surface area contributed by atoms with Gasteiger partial charge in [0.05, 0.1) is 26.4 Å². The minimum Gasteiger partial charge on any atom is -0.397 e. The first-order chi connectivity index (χ1) is 8.88. The molecule has 1 heterocycles. The second-order valence-corrected chi connectivity index (χ2v) is 5.19. The van der Waals surface area contributed by atoms with Gasteiger partial charge < -0.3 is 15.6 Å². The molecule has 1 aromatic heterocycles. The lowest BCUT2D eigenvalue weighted by atomic mass is 10.3. The quantitative estimate of drug-likeness (QED) is 0.827. The van der Waals surface area contributed by atoms with Crippen molar-refractivity contribution < 1.29 is 4.79 Å². The molecule has 4 nitrogen and oxygen atoms in total. The number of nitrogens with zero attached hydrogens (tertiary/aromatic N) is 1. The van der Waals surface area contributed by atoms with Crippen molar-refractivity contribution in [2.45, 2.75) is 0 Å². The fourth-order valence-electron chi connectivity index (χ4n) is 1.62. The van der Waals surface area contributed by atoms with E-state index in [0.29, 0.717) is 32.1 Å². The summed E-state index contributed by atoms with van der Waals surface area (Å²) in [5.74, 6) is -0.334. The van der Waals surface area contributed by atoms with E-state index in [1.165, 1.54) is 12.1 Å². The smallest absolute Gasteiger partial charge is 0.272 e. The summed E-state index contributed by atoms with van der Waals surface area (Å²) < 4.78 is 1.62. The lowest BCUT2D eigenvalue weighted by molar-refractivity contribution is 0.101. The van der Waals surface area contributed by atoms with E-state index in [2.05, 4.69) is 5.32 Å². The monoisotopic (exact) mass is 317 g/mol. The third-order valence-electron chi connectivity index (χ3n) is 2.52. The van der Waals surface area contributed by atoms with Gasteiger partial charge in [0.15, 0.2) is 0 Å². The van der Waals surface area contributed by atoms with Gasteiger partial charge in [0, 0.05) is 13.2 Å². The van der Waals surface area contributed by atoms with Gasteiger partial charge in [0.1, 0.15) is 5.69 Å². The van der Waals surface area contributed by atoms with Crippen molar-refractivity contribution >= 4 is 52.1 Å². The standard InChI is InChI=1S/C12H10Cl3N3O/c1-18-5-6(16)2-11(18)12(19)17-10-4-8(14)7(13)3-9(10)15/h2-5H,16H2,1H3,(H,17,19). The van der Waals surface area contributed by atoms with Crippen LogP contribution in [0.3, 0.4) is 0 Å². The van der Waals surface area contributed by atoms with Crippen molar-refractivity contribution in [3.8, 4) is 0 Å². The van der Waals surface area contributed by atoms with Crippen molar-refractivity contribution in [3.63, 3.8) is 0 Å². The van der Waals surface area contributed by atoms with Gasteiger partial charge >= 0.3 is 0 Å². The van der Waals surface area contributed by atoms with Crippen molar-refractivity contribution in [2.24, 2.45) is 7.05 Å². The molecule has 1 aromatic carbocycles. The zero-order valence-electron chi connectivity index (χ0n) is 9.88. The van der Waals surface area contributed by atoms with Crippen LogP contribution >= 0.6 is 34.8 Å². The highest BCUT2D eigenvalue weighted by Gasteiger charge is 2.14. The molecule has 0 fully saturated rings. The number of rotatable bonds is 2. The summed E-state index contributed by atoms with van der Waals surface area (Å²) in [6.45, 7) is 0. The molecular weight excluding hydrogens is 309 g/mol. The van der Waals surface area contributed by atoms with Crippen LogP contribution in [0.25, 0.3) is 0 Å². The van der Waals surface area contributed by atoms with E-state index in [1.54, 1.807) is 23.9 Å². The number of aryl methyl sites for hydroxylation is 1. The first-order valence-electron chi connectivity index (χ1n) is 5.26. The van der Waals surface area contributed by atoms with Crippen LogP contribution in [-0.2, 0) is 7.05 Å². The lowest BCUT2D eigenvalue weighted by Gasteiger charge is -2.09. The molecule has 7 heteroatoms. The minimum atomic E-state index is -0.334. The van der Waals surface area contributed by atoms with Crippen molar-refractivity contribution in [3.05, 3.63) is 45.2 Å². The summed E-state index contributed by atoms with van der Waals surface area (Å²) in [6.07, 6.45) is 1.64. The molecule has 2 aromatic rings. The Morgan fingerprint density at radius 2 is 1.79 bits per heavy atom.